The number of ether oxygens (including phenoxy) is 4. The molecule has 4 aliphatic carbocycles. The molecule has 0 saturated heterocycles. The van der Waals surface area contributed by atoms with Crippen LogP contribution in [0, 0.1) is 40.4 Å². The van der Waals surface area contributed by atoms with Crippen LogP contribution in [0.15, 0.2) is 11.6 Å². The quantitative estimate of drug-likeness (QED) is 0.136. The third kappa shape index (κ3) is 5.52. The summed E-state index contributed by atoms with van der Waals surface area (Å²) < 4.78 is 21.9. The van der Waals surface area contributed by atoms with E-state index in [1.807, 2.05) is 13.8 Å². The molecule has 0 heterocycles. The van der Waals surface area contributed by atoms with Crippen molar-refractivity contribution in [3.63, 3.8) is 0 Å². The molecule has 8 atom stereocenters. The van der Waals surface area contributed by atoms with E-state index in [0.717, 1.165) is 37.0 Å². The summed E-state index contributed by atoms with van der Waals surface area (Å²) in [5, 5.41) is 0. The van der Waals surface area contributed by atoms with E-state index in [-0.39, 0.29) is 12.8 Å². The molecule has 0 bridgehead atoms. The molecule has 4 rings (SSSR count). The number of allylic oxidation sites excluding steroid dienone is 1. The first-order chi connectivity index (χ1) is 16.8. The van der Waals surface area contributed by atoms with Crippen LogP contribution in [0.3, 0.4) is 0 Å². The van der Waals surface area contributed by atoms with Gasteiger partial charge in [-0.25, -0.2) is 0 Å². The Balaban J connectivity index is 1.37. The maximum absolute atomic E-state index is 12.1. The summed E-state index contributed by atoms with van der Waals surface area (Å²) in [6.45, 7) is 13.3. The fourth-order valence-electron chi connectivity index (χ4n) is 8.78. The lowest BCUT2D eigenvalue weighted by Gasteiger charge is -2.58. The molecule has 0 aromatic heterocycles. The van der Waals surface area contributed by atoms with E-state index in [0.29, 0.717) is 55.2 Å². The van der Waals surface area contributed by atoms with Gasteiger partial charge in [-0.3, -0.25) is 4.79 Å². The van der Waals surface area contributed by atoms with Gasteiger partial charge in [0.2, 0.25) is 0 Å². The number of rotatable bonds is 11. The topological polar surface area (TPSA) is 54.0 Å². The van der Waals surface area contributed by atoms with Gasteiger partial charge < -0.3 is 18.9 Å². The van der Waals surface area contributed by atoms with Crippen molar-refractivity contribution in [2.45, 2.75) is 105 Å². The maximum atomic E-state index is 12.1. The van der Waals surface area contributed by atoms with Gasteiger partial charge >= 0.3 is 5.97 Å². The largest absolute Gasteiger partial charge is 0.438 e. The minimum absolute atomic E-state index is 0.0870. The van der Waals surface area contributed by atoms with Gasteiger partial charge in [0.05, 0.1) is 6.10 Å². The normalized spacial score (nSPS) is 39.2. The number of hydrogen-bond acceptors (Lipinski definition) is 5. The molecule has 0 unspecified atom stereocenters. The van der Waals surface area contributed by atoms with Crippen molar-refractivity contribution in [2.75, 3.05) is 26.8 Å². The molecule has 0 spiro atoms. The minimum atomic E-state index is -0.118. The first-order valence-electron chi connectivity index (χ1n) is 14.5. The predicted molar refractivity (Wildman–Crippen MR) is 138 cm³/mol. The number of carbonyl (C=O) groups excluding carboxylic acids is 1. The Labute approximate surface area is 213 Å². The zero-order valence-corrected chi connectivity index (χ0v) is 23.0. The molecule has 0 aromatic rings. The second kappa shape index (κ2) is 11.6. The van der Waals surface area contributed by atoms with Gasteiger partial charge in [0.1, 0.15) is 6.79 Å². The van der Waals surface area contributed by atoms with E-state index in [2.05, 4.69) is 26.8 Å². The number of carbonyl (C=O) groups is 1. The van der Waals surface area contributed by atoms with E-state index >= 15 is 0 Å². The zero-order valence-electron chi connectivity index (χ0n) is 23.0. The van der Waals surface area contributed by atoms with Crippen molar-refractivity contribution < 1.29 is 23.7 Å². The van der Waals surface area contributed by atoms with Crippen LogP contribution in [-0.4, -0.2) is 38.9 Å². The zero-order chi connectivity index (χ0) is 25.1. The first-order valence-corrected chi connectivity index (χ1v) is 14.5. The van der Waals surface area contributed by atoms with Crippen molar-refractivity contribution in [3.8, 4) is 0 Å². The third-order valence-electron chi connectivity index (χ3n) is 10.7. The summed E-state index contributed by atoms with van der Waals surface area (Å²) in [5.41, 5.74) is 2.43. The SMILES string of the molecule is CCOCOC(=O)CC[C@@H](C)[C@H]1CC[C@H]2[C@@H]3CC=C4C[C@@H](OCOCC)CC[C@]4(C)[C@H]3CC[C@]12C. The van der Waals surface area contributed by atoms with Crippen molar-refractivity contribution in [3.05, 3.63) is 11.6 Å². The fraction of sp³-hybridized carbons (Fsp3) is 0.900. The number of hydrogen-bond donors (Lipinski definition) is 0. The Morgan fingerprint density at radius 3 is 2.57 bits per heavy atom. The molecule has 0 N–H and O–H groups in total. The summed E-state index contributed by atoms with van der Waals surface area (Å²) in [7, 11) is 0. The highest BCUT2D eigenvalue weighted by Gasteiger charge is 2.59. The Morgan fingerprint density at radius 2 is 1.80 bits per heavy atom. The second-order valence-corrected chi connectivity index (χ2v) is 12.3. The van der Waals surface area contributed by atoms with Crippen LogP contribution >= 0.6 is 0 Å². The molecule has 4 aliphatic rings. The molecule has 0 radical (unpaired) electrons. The summed E-state index contributed by atoms with van der Waals surface area (Å²) in [6.07, 6.45) is 14.5. The summed E-state index contributed by atoms with van der Waals surface area (Å²) in [4.78, 5) is 12.1. The molecule has 0 aromatic carbocycles. The Bertz CT molecular complexity index is 749. The molecule has 35 heavy (non-hydrogen) atoms. The van der Waals surface area contributed by atoms with Crippen LogP contribution in [0.5, 0.6) is 0 Å². The molecule has 3 fully saturated rings. The second-order valence-electron chi connectivity index (χ2n) is 12.3. The molecule has 0 amide bonds. The standard InChI is InChI=1S/C30H50O5/c1-6-32-19-34-23-14-16-29(4)22(18-23)9-10-24-26-12-11-25(30(26,5)17-15-27(24)29)21(3)8-13-28(31)35-20-33-7-2/h9,21,23-27H,6-8,10-20H2,1-5H3/t21-,23+,24+,25-,26+,27+,29+,30-/m1/s1. The van der Waals surface area contributed by atoms with Crippen LogP contribution in [0.25, 0.3) is 0 Å². The molecular formula is C30H50O5. The molecule has 0 aliphatic heterocycles. The highest BCUT2D eigenvalue weighted by molar-refractivity contribution is 5.69. The molecular weight excluding hydrogens is 440 g/mol. The third-order valence-corrected chi connectivity index (χ3v) is 10.7. The van der Waals surface area contributed by atoms with E-state index in [4.69, 9.17) is 18.9 Å². The predicted octanol–water partition coefficient (Wildman–Crippen LogP) is 6.90. The van der Waals surface area contributed by atoms with E-state index in [1.54, 1.807) is 5.57 Å². The van der Waals surface area contributed by atoms with Gasteiger partial charge in [-0.1, -0.05) is 32.4 Å². The Hall–Kier alpha value is -0.910. The van der Waals surface area contributed by atoms with Crippen molar-refractivity contribution in [1.29, 1.82) is 0 Å². The van der Waals surface area contributed by atoms with Gasteiger partial charge in [-0.15, -0.1) is 0 Å². The lowest BCUT2D eigenvalue weighted by atomic mass is 9.47. The molecule has 5 heteroatoms. The Kier molecular flexibility index (Phi) is 9.03. The van der Waals surface area contributed by atoms with E-state index in [1.165, 1.54) is 38.5 Å². The van der Waals surface area contributed by atoms with Crippen molar-refractivity contribution >= 4 is 5.97 Å². The summed E-state index contributed by atoms with van der Waals surface area (Å²) in [5.74, 6) is 3.61. The lowest BCUT2D eigenvalue weighted by Crippen LogP contribution is -2.51. The molecule has 5 nitrogen and oxygen atoms in total. The number of fused-ring (bicyclic) bond motifs is 5. The van der Waals surface area contributed by atoms with Crippen LogP contribution in [-0.2, 0) is 23.7 Å². The highest BCUT2D eigenvalue weighted by atomic mass is 16.7. The van der Waals surface area contributed by atoms with Gasteiger partial charge in [-0.2, -0.15) is 0 Å². The first kappa shape index (κ1) is 27.1. The lowest BCUT2D eigenvalue weighted by molar-refractivity contribution is -0.156. The molecule has 3 saturated carbocycles. The smallest absolute Gasteiger partial charge is 0.307 e. The van der Waals surface area contributed by atoms with Crippen LogP contribution < -0.4 is 0 Å². The minimum Gasteiger partial charge on any atom is -0.438 e. The van der Waals surface area contributed by atoms with Gasteiger partial charge in [-0.05, 0) is 112 Å². The van der Waals surface area contributed by atoms with E-state index < -0.39 is 0 Å². The van der Waals surface area contributed by atoms with Crippen LogP contribution in [0.4, 0.5) is 0 Å². The summed E-state index contributed by atoms with van der Waals surface area (Å²) >= 11 is 0. The van der Waals surface area contributed by atoms with E-state index in [9.17, 15) is 4.79 Å². The van der Waals surface area contributed by atoms with Crippen LogP contribution in [0.1, 0.15) is 98.8 Å². The van der Waals surface area contributed by atoms with Crippen LogP contribution in [0.2, 0.25) is 0 Å². The maximum Gasteiger partial charge on any atom is 0.307 e. The Morgan fingerprint density at radius 1 is 1.03 bits per heavy atom. The molecule has 200 valence electrons. The van der Waals surface area contributed by atoms with Gasteiger partial charge in [0.15, 0.2) is 6.79 Å². The average Bonchev–Trinajstić information content (AvgIpc) is 3.20. The highest BCUT2D eigenvalue weighted by Crippen LogP contribution is 2.67. The van der Waals surface area contributed by atoms with Crippen molar-refractivity contribution in [2.24, 2.45) is 40.4 Å². The fourth-order valence-corrected chi connectivity index (χ4v) is 8.78. The summed E-state index contributed by atoms with van der Waals surface area (Å²) in [6, 6.07) is 0. The van der Waals surface area contributed by atoms with Gasteiger partial charge in [0.25, 0.3) is 0 Å². The average molecular weight is 491 g/mol. The monoisotopic (exact) mass is 490 g/mol. The number of esters is 1. The van der Waals surface area contributed by atoms with Gasteiger partial charge in [0, 0.05) is 19.6 Å². The van der Waals surface area contributed by atoms with Crippen molar-refractivity contribution in [1.82, 2.24) is 0 Å².